The standard InChI is InChI=1S/C24H26N2O5/c1-14-8-15(2)16(3)22(9-14)30-12-20(27)17-4-7-21-19(10-17)26(24(29)13-31-21)11-23(28)25-18-5-6-18/h4,7-10,18H,5-6,11-13H2,1-3H3,(H,25,28). The third kappa shape index (κ3) is 4.71. The molecular formula is C24H26N2O5. The number of nitrogens with one attached hydrogen (secondary N) is 1. The van der Waals surface area contributed by atoms with Gasteiger partial charge < -0.3 is 14.8 Å². The van der Waals surface area contributed by atoms with Crippen LogP contribution in [-0.2, 0) is 9.59 Å². The average molecular weight is 422 g/mol. The monoisotopic (exact) mass is 422 g/mol. The third-order valence-electron chi connectivity index (χ3n) is 5.59. The van der Waals surface area contributed by atoms with Gasteiger partial charge in [-0.2, -0.15) is 0 Å². The Labute approximate surface area is 181 Å². The van der Waals surface area contributed by atoms with Crippen LogP contribution in [0.1, 0.15) is 39.9 Å². The minimum absolute atomic E-state index is 0.0956. The number of hydrogen-bond acceptors (Lipinski definition) is 5. The molecule has 0 bridgehead atoms. The molecule has 31 heavy (non-hydrogen) atoms. The quantitative estimate of drug-likeness (QED) is 0.694. The van der Waals surface area contributed by atoms with Crippen LogP contribution < -0.4 is 19.7 Å². The van der Waals surface area contributed by atoms with Crippen LogP contribution in [0, 0.1) is 20.8 Å². The van der Waals surface area contributed by atoms with Crippen molar-refractivity contribution in [3.8, 4) is 11.5 Å². The van der Waals surface area contributed by atoms with Crippen LogP contribution in [0.25, 0.3) is 0 Å². The van der Waals surface area contributed by atoms with Crippen LogP contribution in [0.4, 0.5) is 5.69 Å². The first-order chi connectivity index (χ1) is 14.8. The Balaban J connectivity index is 1.50. The summed E-state index contributed by atoms with van der Waals surface area (Å²) in [4.78, 5) is 38.8. The summed E-state index contributed by atoms with van der Waals surface area (Å²) < 4.78 is 11.3. The molecule has 2 aromatic carbocycles. The average Bonchev–Trinajstić information content (AvgIpc) is 3.55. The molecule has 4 rings (SSSR count). The Kier molecular flexibility index (Phi) is 5.67. The minimum atomic E-state index is -0.315. The van der Waals surface area contributed by atoms with E-state index in [-0.39, 0.29) is 43.4 Å². The van der Waals surface area contributed by atoms with Crippen molar-refractivity contribution in [3.05, 3.63) is 52.6 Å². The van der Waals surface area contributed by atoms with Crippen molar-refractivity contribution < 1.29 is 23.9 Å². The number of aryl methyl sites for hydroxylation is 2. The van der Waals surface area contributed by atoms with Crippen molar-refractivity contribution in [2.75, 3.05) is 24.7 Å². The highest BCUT2D eigenvalue weighted by Gasteiger charge is 2.30. The third-order valence-corrected chi connectivity index (χ3v) is 5.59. The number of fused-ring (bicyclic) bond motifs is 1. The van der Waals surface area contributed by atoms with Gasteiger partial charge in [-0.05, 0) is 74.6 Å². The molecule has 7 nitrogen and oxygen atoms in total. The lowest BCUT2D eigenvalue weighted by Crippen LogP contribution is -2.45. The Hall–Kier alpha value is -3.35. The fraction of sp³-hybridized carbons (Fsp3) is 0.375. The predicted octanol–water partition coefficient (Wildman–Crippen LogP) is 2.88. The van der Waals surface area contributed by atoms with Gasteiger partial charge in [0.15, 0.2) is 19.0 Å². The second-order valence-electron chi connectivity index (χ2n) is 8.21. The molecule has 2 aromatic rings. The summed E-state index contributed by atoms with van der Waals surface area (Å²) in [7, 11) is 0. The van der Waals surface area contributed by atoms with Gasteiger partial charge >= 0.3 is 0 Å². The van der Waals surface area contributed by atoms with Crippen LogP contribution in [-0.4, -0.2) is 43.4 Å². The molecule has 0 spiro atoms. The fourth-order valence-electron chi connectivity index (χ4n) is 3.57. The van der Waals surface area contributed by atoms with Gasteiger partial charge in [-0.1, -0.05) is 6.07 Å². The summed E-state index contributed by atoms with van der Waals surface area (Å²) in [5.41, 5.74) is 3.99. The van der Waals surface area contributed by atoms with Crippen molar-refractivity contribution in [3.63, 3.8) is 0 Å². The van der Waals surface area contributed by atoms with Gasteiger partial charge in [-0.25, -0.2) is 0 Å². The Morgan fingerprint density at radius 3 is 2.68 bits per heavy atom. The summed E-state index contributed by atoms with van der Waals surface area (Å²) >= 11 is 0. The zero-order valence-electron chi connectivity index (χ0n) is 18.0. The molecule has 2 amide bonds. The summed E-state index contributed by atoms with van der Waals surface area (Å²) in [6, 6.07) is 9.09. The number of amides is 2. The second-order valence-corrected chi connectivity index (χ2v) is 8.21. The van der Waals surface area contributed by atoms with Crippen molar-refractivity contribution in [1.82, 2.24) is 5.32 Å². The summed E-state index contributed by atoms with van der Waals surface area (Å²) in [5, 5.41) is 2.88. The second kappa shape index (κ2) is 8.41. The van der Waals surface area contributed by atoms with Crippen LogP contribution in [0.3, 0.4) is 0 Å². The molecule has 1 N–H and O–H groups in total. The molecule has 0 unspecified atom stereocenters. The summed E-state index contributed by atoms with van der Waals surface area (Å²) in [6.07, 6.45) is 1.94. The lowest BCUT2D eigenvalue weighted by Gasteiger charge is -2.29. The van der Waals surface area contributed by atoms with E-state index in [4.69, 9.17) is 9.47 Å². The molecule has 0 atom stereocenters. The highest BCUT2D eigenvalue weighted by Crippen LogP contribution is 2.33. The van der Waals surface area contributed by atoms with Crippen molar-refractivity contribution in [1.29, 1.82) is 0 Å². The number of hydrogen-bond donors (Lipinski definition) is 1. The minimum Gasteiger partial charge on any atom is -0.485 e. The van der Waals surface area contributed by atoms with E-state index in [1.54, 1.807) is 18.2 Å². The molecule has 1 saturated carbocycles. The molecule has 2 aliphatic rings. The fourth-order valence-corrected chi connectivity index (χ4v) is 3.57. The smallest absolute Gasteiger partial charge is 0.265 e. The molecule has 162 valence electrons. The van der Waals surface area contributed by atoms with E-state index >= 15 is 0 Å². The van der Waals surface area contributed by atoms with Crippen LogP contribution in [0.2, 0.25) is 0 Å². The van der Waals surface area contributed by atoms with Crippen molar-refractivity contribution in [2.45, 2.75) is 39.7 Å². The van der Waals surface area contributed by atoms with Crippen LogP contribution in [0.15, 0.2) is 30.3 Å². The van der Waals surface area contributed by atoms with Gasteiger partial charge in [0.1, 0.15) is 18.0 Å². The van der Waals surface area contributed by atoms with Gasteiger partial charge in [-0.3, -0.25) is 19.3 Å². The van der Waals surface area contributed by atoms with E-state index in [1.165, 1.54) is 4.90 Å². The lowest BCUT2D eigenvalue weighted by molar-refractivity contribution is -0.125. The van der Waals surface area contributed by atoms with E-state index < -0.39 is 0 Å². The molecule has 1 fully saturated rings. The van der Waals surface area contributed by atoms with Crippen LogP contribution in [0.5, 0.6) is 11.5 Å². The topological polar surface area (TPSA) is 84.9 Å². The van der Waals surface area contributed by atoms with E-state index in [0.717, 1.165) is 29.5 Å². The van der Waals surface area contributed by atoms with Gasteiger partial charge in [0.05, 0.1) is 5.69 Å². The number of carbonyl (C=O) groups is 3. The normalized spacial score (nSPS) is 15.2. The van der Waals surface area contributed by atoms with Crippen molar-refractivity contribution >= 4 is 23.3 Å². The summed E-state index contributed by atoms with van der Waals surface area (Å²) in [6.45, 7) is 5.59. The van der Waals surface area contributed by atoms with Gasteiger partial charge in [-0.15, -0.1) is 0 Å². The SMILES string of the molecule is Cc1cc(C)c(C)c(OCC(=O)c2ccc3c(c2)N(CC(=O)NC2CC2)C(=O)CO3)c1. The highest BCUT2D eigenvalue weighted by molar-refractivity contribution is 6.04. The maximum atomic E-state index is 12.8. The molecule has 7 heteroatoms. The van der Waals surface area contributed by atoms with Gasteiger partial charge in [0.2, 0.25) is 5.91 Å². The Bertz CT molecular complexity index is 1060. The number of carbonyl (C=O) groups excluding carboxylic acids is 3. The largest absolute Gasteiger partial charge is 0.485 e. The number of nitrogens with zero attached hydrogens (tertiary/aromatic N) is 1. The predicted molar refractivity (Wildman–Crippen MR) is 116 cm³/mol. The zero-order valence-corrected chi connectivity index (χ0v) is 18.0. The first kappa shape index (κ1) is 20.9. The molecule has 0 saturated heterocycles. The van der Waals surface area contributed by atoms with E-state index in [0.29, 0.717) is 22.7 Å². The van der Waals surface area contributed by atoms with E-state index in [1.807, 2.05) is 26.8 Å². The maximum absolute atomic E-state index is 12.8. The van der Waals surface area contributed by atoms with Crippen molar-refractivity contribution in [2.24, 2.45) is 0 Å². The van der Waals surface area contributed by atoms with Gasteiger partial charge in [0.25, 0.3) is 5.91 Å². The molecular weight excluding hydrogens is 396 g/mol. The van der Waals surface area contributed by atoms with E-state index in [9.17, 15) is 14.4 Å². The maximum Gasteiger partial charge on any atom is 0.265 e. The Morgan fingerprint density at radius 1 is 1.16 bits per heavy atom. The lowest BCUT2D eigenvalue weighted by atomic mass is 10.1. The molecule has 1 aliphatic carbocycles. The summed E-state index contributed by atoms with van der Waals surface area (Å²) in [5.74, 6) is 0.406. The van der Waals surface area contributed by atoms with Crippen LogP contribution >= 0.6 is 0 Å². The Morgan fingerprint density at radius 2 is 1.94 bits per heavy atom. The molecule has 1 aliphatic heterocycles. The highest BCUT2D eigenvalue weighted by atomic mass is 16.5. The number of benzene rings is 2. The molecule has 1 heterocycles. The zero-order chi connectivity index (χ0) is 22.1. The van der Waals surface area contributed by atoms with Gasteiger partial charge in [0, 0.05) is 11.6 Å². The first-order valence-corrected chi connectivity index (χ1v) is 10.4. The number of rotatable bonds is 7. The van der Waals surface area contributed by atoms with E-state index in [2.05, 4.69) is 11.4 Å². The number of anilines is 1. The number of Topliss-reactive ketones (excluding diaryl/α,β-unsaturated/α-hetero) is 1. The number of ketones is 1. The molecule has 0 radical (unpaired) electrons. The molecule has 0 aromatic heterocycles. The first-order valence-electron chi connectivity index (χ1n) is 10.4. The number of ether oxygens (including phenoxy) is 2.